The lowest BCUT2D eigenvalue weighted by atomic mass is 10.0. The standard InChI is InChI=1S/C12H13NS/c1-13-7-6-10-9-4-2-3-5-11(9)14-12(10)8-13/h2-5H,6-8H2,1H3. The van der Waals surface area contributed by atoms with E-state index in [1.807, 2.05) is 11.3 Å². The topological polar surface area (TPSA) is 3.24 Å². The number of rotatable bonds is 0. The molecule has 72 valence electrons. The van der Waals surface area contributed by atoms with Crippen LogP contribution in [0, 0.1) is 0 Å². The van der Waals surface area contributed by atoms with Gasteiger partial charge in [0.05, 0.1) is 0 Å². The van der Waals surface area contributed by atoms with Crippen molar-refractivity contribution >= 4 is 21.4 Å². The minimum Gasteiger partial charge on any atom is -0.301 e. The van der Waals surface area contributed by atoms with E-state index in [-0.39, 0.29) is 0 Å². The van der Waals surface area contributed by atoms with Crippen LogP contribution in [0.25, 0.3) is 10.1 Å². The summed E-state index contributed by atoms with van der Waals surface area (Å²) in [6.07, 6.45) is 1.22. The molecule has 0 bridgehead atoms. The van der Waals surface area contributed by atoms with Crippen molar-refractivity contribution in [3.63, 3.8) is 0 Å². The zero-order valence-electron chi connectivity index (χ0n) is 8.29. The van der Waals surface area contributed by atoms with Gasteiger partial charge >= 0.3 is 0 Å². The molecule has 2 aromatic rings. The van der Waals surface area contributed by atoms with Crippen molar-refractivity contribution in [2.75, 3.05) is 13.6 Å². The van der Waals surface area contributed by atoms with Gasteiger partial charge in [-0.3, -0.25) is 0 Å². The third-order valence-corrected chi connectivity index (χ3v) is 4.14. The lowest BCUT2D eigenvalue weighted by Gasteiger charge is -2.21. The van der Waals surface area contributed by atoms with Gasteiger partial charge in [0.25, 0.3) is 0 Å². The molecule has 1 aliphatic heterocycles. The highest BCUT2D eigenvalue weighted by molar-refractivity contribution is 7.19. The highest BCUT2D eigenvalue weighted by Crippen LogP contribution is 2.34. The molecule has 0 aliphatic carbocycles. The van der Waals surface area contributed by atoms with Gasteiger partial charge < -0.3 is 4.90 Å². The van der Waals surface area contributed by atoms with E-state index in [4.69, 9.17) is 0 Å². The van der Waals surface area contributed by atoms with E-state index in [0.717, 1.165) is 6.54 Å². The molecular formula is C12H13NS. The average molecular weight is 203 g/mol. The molecule has 1 aliphatic rings. The molecule has 1 nitrogen and oxygen atoms in total. The van der Waals surface area contributed by atoms with Gasteiger partial charge in [0.1, 0.15) is 0 Å². The van der Waals surface area contributed by atoms with Crippen LogP contribution in [0.15, 0.2) is 24.3 Å². The van der Waals surface area contributed by atoms with Crippen LogP contribution in [-0.2, 0) is 13.0 Å². The number of thiophene rings is 1. The molecule has 2 heteroatoms. The predicted octanol–water partition coefficient (Wildman–Crippen LogP) is 2.89. The Morgan fingerprint density at radius 2 is 2.14 bits per heavy atom. The fraction of sp³-hybridized carbons (Fsp3) is 0.333. The molecule has 0 spiro atoms. The molecule has 1 aromatic carbocycles. The van der Waals surface area contributed by atoms with Gasteiger partial charge in [0.15, 0.2) is 0 Å². The van der Waals surface area contributed by atoms with E-state index in [9.17, 15) is 0 Å². The van der Waals surface area contributed by atoms with Crippen LogP contribution in [0.1, 0.15) is 10.4 Å². The van der Waals surface area contributed by atoms with Crippen LogP contribution in [0.5, 0.6) is 0 Å². The highest BCUT2D eigenvalue weighted by atomic mass is 32.1. The monoisotopic (exact) mass is 203 g/mol. The maximum absolute atomic E-state index is 2.40. The molecule has 0 saturated carbocycles. The summed E-state index contributed by atoms with van der Waals surface area (Å²) in [6, 6.07) is 8.77. The fourth-order valence-corrected chi connectivity index (χ4v) is 3.51. The van der Waals surface area contributed by atoms with Crippen molar-refractivity contribution in [1.82, 2.24) is 4.90 Å². The van der Waals surface area contributed by atoms with E-state index in [2.05, 4.69) is 36.2 Å². The SMILES string of the molecule is CN1CCc2c(sc3ccccc23)C1. The third kappa shape index (κ3) is 1.18. The van der Waals surface area contributed by atoms with Gasteiger partial charge in [-0.1, -0.05) is 18.2 Å². The van der Waals surface area contributed by atoms with E-state index < -0.39 is 0 Å². The normalized spacial score (nSPS) is 17.2. The first-order valence-corrected chi connectivity index (χ1v) is 5.84. The Balaban J connectivity index is 2.24. The molecule has 0 fully saturated rings. The molecule has 3 rings (SSSR count). The summed E-state index contributed by atoms with van der Waals surface area (Å²) in [4.78, 5) is 3.97. The fourth-order valence-electron chi connectivity index (χ4n) is 2.18. The average Bonchev–Trinajstić information content (AvgIpc) is 2.54. The molecule has 1 aromatic heterocycles. The summed E-state index contributed by atoms with van der Waals surface area (Å²) in [7, 11) is 2.20. The summed E-state index contributed by atoms with van der Waals surface area (Å²) in [5, 5.41) is 1.49. The Bertz CT molecular complexity index is 472. The second-order valence-electron chi connectivity index (χ2n) is 3.99. The van der Waals surface area contributed by atoms with Crippen molar-refractivity contribution in [2.45, 2.75) is 13.0 Å². The molecule has 0 amide bonds. The summed E-state index contributed by atoms with van der Waals surface area (Å²) in [5.74, 6) is 0. The van der Waals surface area contributed by atoms with E-state index in [1.54, 1.807) is 10.4 Å². The van der Waals surface area contributed by atoms with Gasteiger partial charge in [-0.15, -0.1) is 11.3 Å². The summed E-state index contributed by atoms with van der Waals surface area (Å²) >= 11 is 1.96. The second-order valence-corrected chi connectivity index (χ2v) is 5.12. The van der Waals surface area contributed by atoms with E-state index in [1.165, 1.54) is 23.1 Å². The molecule has 0 N–H and O–H groups in total. The number of hydrogen-bond acceptors (Lipinski definition) is 2. The highest BCUT2D eigenvalue weighted by Gasteiger charge is 2.17. The lowest BCUT2D eigenvalue weighted by Crippen LogP contribution is -2.25. The predicted molar refractivity (Wildman–Crippen MR) is 61.9 cm³/mol. The first kappa shape index (κ1) is 8.45. The van der Waals surface area contributed by atoms with Gasteiger partial charge in [-0.05, 0) is 30.5 Å². The van der Waals surface area contributed by atoms with Gasteiger partial charge in [0.2, 0.25) is 0 Å². The second kappa shape index (κ2) is 3.07. The number of likely N-dealkylation sites (N-methyl/N-ethyl adjacent to an activating group) is 1. The first-order chi connectivity index (χ1) is 6.84. The zero-order chi connectivity index (χ0) is 9.54. The molecule has 2 heterocycles. The Hall–Kier alpha value is -0.860. The van der Waals surface area contributed by atoms with Crippen LogP contribution in [-0.4, -0.2) is 18.5 Å². The molecule has 0 saturated heterocycles. The molecule has 14 heavy (non-hydrogen) atoms. The van der Waals surface area contributed by atoms with Crippen LogP contribution < -0.4 is 0 Å². The van der Waals surface area contributed by atoms with Crippen molar-refractivity contribution in [2.24, 2.45) is 0 Å². The van der Waals surface area contributed by atoms with Gasteiger partial charge in [-0.25, -0.2) is 0 Å². The number of benzene rings is 1. The Morgan fingerprint density at radius 3 is 3.07 bits per heavy atom. The summed E-state index contributed by atoms with van der Waals surface area (Å²) in [6.45, 7) is 2.34. The quantitative estimate of drug-likeness (QED) is 0.636. The van der Waals surface area contributed by atoms with Crippen LogP contribution in [0.2, 0.25) is 0 Å². The van der Waals surface area contributed by atoms with Crippen molar-refractivity contribution in [1.29, 1.82) is 0 Å². The largest absolute Gasteiger partial charge is 0.301 e. The van der Waals surface area contributed by atoms with Crippen LogP contribution in [0.3, 0.4) is 0 Å². The lowest BCUT2D eigenvalue weighted by molar-refractivity contribution is 0.318. The van der Waals surface area contributed by atoms with E-state index in [0.29, 0.717) is 0 Å². The summed E-state index contributed by atoms with van der Waals surface area (Å²) < 4.78 is 1.45. The van der Waals surface area contributed by atoms with E-state index >= 15 is 0 Å². The third-order valence-electron chi connectivity index (χ3n) is 2.94. The number of fused-ring (bicyclic) bond motifs is 3. The Kier molecular flexibility index (Phi) is 1.85. The Morgan fingerprint density at radius 1 is 1.29 bits per heavy atom. The van der Waals surface area contributed by atoms with Gasteiger partial charge in [0, 0.05) is 22.7 Å². The smallest absolute Gasteiger partial charge is 0.0349 e. The maximum Gasteiger partial charge on any atom is 0.0349 e. The maximum atomic E-state index is 2.40. The van der Waals surface area contributed by atoms with Gasteiger partial charge in [-0.2, -0.15) is 0 Å². The van der Waals surface area contributed by atoms with Crippen molar-refractivity contribution in [3.8, 4) is 0 Å². The number of nitrogens with zero attached hydrogens (tertiary/aromatic N) is 1. The van der Waals surface area contributed by atoms with Crippen molar-refractivity contribution < 1.29 is 0 Å². The first-order valence-electron chi connectivity index (χ1n) is 5.02. The zero-order valence-corrected chi connectivity index (χ0v) is 9.10. The minimum atomic E-state index is 1.13. The molecule has 0 unspecified atom stereocenters. The Labute approximate surface area is 88.0 Å². The van der Waals surface area contributed by atoms with Crippen molar-refractivity contribution in [3.05, 3.63) is 34.7 Å². The van der Waals surface area contributed by atoms with Crippen LogP contribution >= 0.6 is 11.3 Å². The summed E-state index contributed by atoms with van der Waals surface area (Å²) in [5.41, 5.74) is 1.60. The minimum absolute atomic E-state index is 1.13. The molecule has 0 atom stereocenters. The van der Waals surface area contributed by atoms with Crippen LogP contribution in [0.4, 0.5) is 0 Å². The molecular weight excluding hydrogens is 190 g/mol. The molecule has 0 radical (unpaired) electrons. The number of hydrogen-bond donors (Lipinski definition) is 0.